The summed E-state index contributed by atoms with van der Waals surface area (Å²) in [7, 11) is 0. The third kappa shape index (κ3) is 5.89. The molecule has 5 heteroatoms. The van der Waals surface area contributed by atoms with Crippen molar-refractivity contribution in [1.29, 1.82) is 0 Å². The van der Waals surface area contributed by atoms with Gasteiger partial charge in [0.15, 0.2) is 0 Å². The molecule has 1 aromatic rings. The molecule has 0 aliphatic rings. The number of carbonyl (C=O) groups excluding carboxylic acids is 1. The number of anilines is 1. The second kappa shape index (κ2) is 6.73. The van der Waals surface area contributed by atoms with Crippen LogP contribution in [0.2, 0.25) is 0 Å². The third-order valence-electron chi connectivity index (χ3n) is 2.04. The fourth-order valence-electron chi connectivity index (χ4n) is 1.34. The van der Waals surface area contributed by atoms with Gasteiger partial charge in [-0.2, -0.15) is 0 Å². The molecule has 0 aliphatic heterocycles. The molecule has 0 fully saturated rings. The lowest BCUT2D eigenvalue weighted by Crippen LogP contribution is -2.27. The highest BCUT2D eigenvalue weighted by molar-refractivity contribution is 9.10. The number of ether oxygens (including phenoxy) is 1. The Labute approximate surface area is 121 Å². The average molecular weight is 328 g/mol. The van der Waals surface area contributed by atoms with Crippen molar-refractivity contribution in [3.05, 3.63) is 34.3 Å². The molecule has 1 rings (SSSR count). The van der Waals surface area contributed by atoms with Crippen LogP contribution in [0.5, 0.6) is 0 Å². The zero-order valence-corrected chi connectivity index (χ0v) is 12.8. The molecular weight excluding hydrogens is 310 g/mol. The van der Waals surface area contributed by atoms with Crippen LogP contribution >= 0.6 is 15.9 Å². The number of carbonyl (C=O) groups is 1. The number of aliphatic hydroxyl groups excluding tert-OH is 1. The van der Waals surface area contributed by atoms with Gasteiger partial charge in [0.2, 0.25) is 0 Å². The van der Waals surface area contributed by atoms with Crippen molar-refractivity contribution in [1.82, 2.24) is 0 Å². The number of rotatable bonds is 3. The van der Waals surface area contributed by atoms with Crippen LogP contribution in [-0.4, -0.2) is 23.4 Å². The van der Waals surface area contributed by atoms with Crippen LogP contribution in [0, 0.1) is 0 Å². The summed E-state index contributed by atoms with van der Waals surface area (Å²) in [5.41, 5.74) is 0.961. The lowest BCUT2D eigenvalue weighted by molar-refractivity contribution is 0.0636. The molecule has 4 nitrogen and oxygen atoms in total. The maximum absolute atomic E-state index is 11.7. The van der Waals surface area contributed by atoms with Crippen molar-refractivity contribution in [3.63, 3.8) is 0 Å². The lowest BCUT2D eigenvalue weighted by atomic mass is 10.2. The number of hydrogen-bond donors (Lipinski definition) is 2. The normalized spacial score (nSPS) is 11.6. The van der Waals surface area contributed by atoms with Crippen LogP contribution in [0.1, 0.15) is 26.3 Å². The van der Waals surface area contributed by atoms with E-state index in [-0.39, 0.29) is 6.61 Å². The first-order chi connectivity index (χ1) is 8.81. The van der Waals surface area contributed by atoms with Gasteiger partial charge in [-0.3, -0.25) is 5.32 Å². The molecule has 0 saturated carbocycles. The SMILES string of the molecule is CC(C)(C)OC(=O)Nc1cc(/C=C/CO)ccc1Br. The van der Waals surface area contributed by atoms with E-state index in [0.717, 1.165) is 10.0 Å². The van der Waals surface area contributed by atoms with Crippen molar-refractivity contribution in [3.8, 4) is 0 Å². The first-order valence-corrected chi connectivity index (χ1v) is 6.68. The summed E-state index contributed by atoms with van der Waals surface area (Å²) in [6.07, 6.45) is 2.89. The highest BCUT2D eigenvalue weighted by Crippen LogP contribution is 2.25. The molecule has 0 aromatic heterocycles. The second-order valence-electron chi connectivity index (χ2n) is 4.95. The van der Waals surface area contributed by atoms with E-state index in [1.54, 1.807) is 18.2 Å². The number of hydrogen-bond acceptors (Lipinski definition) is 3. The molecule has 19 heavy (non-hydrogen) atoms. The monoisotopic (exact) mass is 327 g/mol. The molecule has 2 N–H and O–H groups in total. The molecule has 0 heterocycles. The molecule has 1 amide bonds. The first kappa shape index (κ1) is 15.7. The van der Waals surface area contributed by atoms with Crippen molar-refractivity contribution in [2.75, 3.05) is 11.9 Å². The van der Waals surface area contributed by atoms with Crippen LogP contribution in [-0.2, 0) is 4.74 Å². The zero-order chi connectivity index (χ0) is 14.5. The minimum atomic E-state index is -0.537. The molecule has 0 aliphatic carbocycles. The Balaban J connectivity index is 2.82. The van der Waals surface area contributed by atoms with Crippen LogP contribution < -0.4 is 5.32 Å². The van der Waals surface area contributed by atoms with E-state index in [1.807, 2.05) is 32.9 Å². The van der Waals surface area contributed by atoms with Gasteiger partial charge in [0.25, 0.3) is 0 Å². The summed E-state index contributed by atoms with van der Waals surface area (Å²) in [5.74, 6) is 0. The summed E-state index contributed by atoms with van der Waals surface area (Å²) in [5, 5.41) is 11.4. The summed E-state index contributed by atoms with van der Waals surface area (Å²) >= 11 is 3.36. The van der Waals surface area contributed by atoms with Gasteiger partial charge in [-0.05, 0) is 54.4 Å². The summed E-state index contributed by atoms with van der Waals surface area (Å²) < 4.78 is 5.95. The number of aliphatic hydroxyl groups is 1. The second-order valence-corrected chi connectivity index (χ2v) is 5.81. The Hall–Kier alpha value is -1.33. The van der Waals surface area contributed by atoms with E-state index in [9.17, 15) is 4.79 Å². The fourth-order valence-corrected chi connectivity index (χ4v) is 1.69. The van der Waals surface area contributed by atoms with E-state index in [0.29, 0.717) is 5.69 Å². The van der Waals surface area contributed by atoms with Gasteiger partial charge >= 0.3 is 6.09 Å². The molecule has 0 bridgehead atoms. The van der Waals surface area contributed by atoms with Gasteiger partial charge in [-0.1, -0.05) is 18.2 Å². The maximum atomic E-state index is 11.7. The van der Waals surface area contributed by atoms with Crippen molar-refractivity contribution < 1.29 is 14.6 Å². The average Bonchev–Trinajstić information content (AvgIpc) is 2.27. The van der Waals surface area contributed by atoms with Crippen LogP contribution in [0.4, 0.5) is 10.5 Å². The predicted octanol–water partition coefficient (Wildman–Crippen LogP) is 3.80. The van der Waals surface area contributed by atoms with Crippen LogP contribution in [0.25, 0.3) is 6.08 Å². The molecule has 0 unspecified atom stereocenters. The third-order valence-corrected chi connectivity index (χ3v) is 2.73. The Morgan fingerprint density at radius 1 is 1.47 bits per heavy atom. The Morgan fingerprint density at radius 2 is 2.16 bits per heavy atom. The minimum Gasteiger partial charge on any atom is -0.444 e. The predicted molar refractivity (Wildman–Crippen MR) is 80.1 cm³/mol. The van der Waals surface area contributed by atoms with Crippen molar-refractivity contribution in [2.24, 2.45) is 0 Å². The number of halogens is 1. The standard InChI is InChI=1S/C14H18BrNO3/c1-14(2,3)19-13(18)16-12-9-10(5-4-8-17)6-7-11(12)15/h4-7,9,17H,8H2,1-3H3,(H,16,18)/b5-4+. The van der Waals surface area contributed by atoms with E-state index >= 15 is 0 Å². The van der Waals surface area contributed by atoms with Gasteiger partial charge in [-0.15, -0.1) is 0 Å². The smallest absolute Gasteiger partial charge is 0.412 e. The number of amides is 1. The lowest BCUT2D eigenvalue weighted by Gasteiger charge is -2.20. The molecule has 1 aromatic carbocycles. The summed E-state index contributed by atoms with van der Waals surface area (Å²) in [6.45, 7) is 5.40. The largest absolute Gasteiger partial charge is 0.444 e. The van der Waals surface area contributed by atoms with E-state index in [2.05, 4.69) is 21.2 Å². The van der Waals surface area contributed by atoms with Gasteiger partial charge < -0.3 is 9.84 Å². The Morgan fingerprint density at radius 3 is 2.74 bits per heavy atom. The van der Waals surface area contributed by atoms with E-state index in [1.165, 1.54) is 0 Å². The minimum absolute atomic E-state index is 0.0229. The van der Waals surface area contributed by atoms with Gasteiger partial charge in [0.1, 0.15) is 5.60 Å². The summed E-state index contributed by atoms with van der Waals surface area (Å²) in [6, 6.07) is 5.49. The first-order valence-electron chi connectivity index (χ1n) is 5.89. The van der Waals surface area contributed by atoms with Gasteiger partial charge in [0, 0.05) is 4.47 Å². The number of nitrogens with one attached hydrogen (secondary N) is 1. The topological polar surface area (TPSA) is 58.6 Å². The van der Waals surface area contributed by atoms with Crippen molar-refractivity contribution >= 4 is 33.8 Å². The van der Waals surface area contributed by atoms with Crippen LogP contribution in [0.15, 0.2) is 28.7 Å². The molecular formula is C14H18BrNO3. The van der Waals surface area contributed by atoms with E-state index in [4.69, 9.17) is 9.84 Å². The van der Waals surface area contributed by atoms with Crippen LogP contribution in [0.3, 0.4) is 0 Å². The quantitative estimate of drug-likeness (QED) is 0.887. The molecule has 0 spiro atoms. The van der Waals surface area contributed by atoms with Crippen molar-refractivity contribution in [2.45, 2.75) is 26.4 Å². The molecule has 0 saturated heterocycles. The summed E-state index contributed by atoms with van der Waals surface area (Å²) in [4.78, 5) is 11.7. The van der Waals surface area contributed by atoms with Gasteiger partial charge in [-0.25, -0.2) is 4.79 Å². The molecule has 0 radical (unpaired) electrons. The number of benzene rings is 1. The van der Waals surface area contributed by atoms with Gasteiger partial charge in [0.05, 0.1) is 12.3 Å². The highest BCUT2D eigenvalue weighted by Gasteiger charge is 2.16. The maximum Gasteiger partial charge on any atom is 0.412 e. The Kier molecular flexibility index (Phi) is 5.57. The van der Waals surface area contributed by atoms with E-state index < -0.39 is 11.7 Å². The molecule has 104 valence electrons. The fraction of sp³-hybridized carbons (Fsp3) is 0.357. The highest BCUT2D eigenvalue weighted by atomic mass is 79.9. The molecule has 0 atom stereocenters. The zero-order valence-electron chi connectivity index (χ0n) is 11.2. The Bertz CT molecular complexity index is 478.